The molecule has 0 N–H and O–H groups in total. The Morgan fingerprint density at radius 1 is 1.15 bits per heavy atom. The number of hydrogen-bond donors (Lipinski definition) is 0. The summed E-state index contributed by atoms with van der Waals surface area (Å²) >= 11 is 0. The van der Waals surface area contributed by atoms with Gasteiger partial charge in [0, 0.05) is 25.1 Å². The third-order valence-electron chi connectivity index (χ3n) is 3.99. The molecule has 2 aliphatic rings. The van der Waals surface area contributed by atoms with E-state index in [9.17, 15) is 10.1 Å². The highest BCUT2D eigenvalue weighted by Gasteiger charge is 2.31. The van der Waals surface area contributed by atoms with Crippen LogP contribution in [0.3, 0.4) is 0 Å². The van der Waals surface area contributed by atoms with E-state index >= 15 is 0 Å². The van der Waals surface area contributed by atoms with Gasteiger partial charge in [0.1, 0.15) is 5.69 Å². The Balaban J connectivity index is 1.67. The molecule has 0 radical (unpaired) electrons. The van der Waals surface area contributed by atoms with E-state index < -0.39 is 0 Å². The average molecular weight is 278 g/mol. The smallest absolute Gasteiger partial charge is 0.292 e. The van der Waals surface area contributed by atoms with Crippen molar-refractivity contribution in [3.8, 4) is 0 Å². The third-order valence-corrected chi connectivity index (χ3v) is 3.99. The molecule has 20 heavy (non-hydrogen) atoms. The van der Waals surface area contributed by atoms with Crippen LogP contribution < -0.4 is 4.90 Å². The van der Waals surface area contributed by atoms with Crippen LogP contribution in [-0.2, 0) is 9.47 Å². The molecule has 2 saturated heterocycles. The first-order valence-electron chi connectivity index (χ1n) is 6.97. The Morgan fingerprint density at radius 2 is 1.80 bits per heavy atom. The molecule has 6 heteroatoms. The van der Waals surface area contributed by atoms with Gasteiger partial charge in [-0.1, -0.05) is 12.1 Å². The summed E-state index contributed by atoms with van der Waals surface area (Å²) in [5, 5.41) is 11.1. The fraction of sp³-hybridized carbons (Fsp3) is 0.571. The number of rotatable bonds is 3. The van der Waals surface area contributed by atoms with E-state index in [0.717, 1.165) is 25.9 Å². The lowest BCUT2D eigenvalue weighted by Crippen LogP contribution is -2.38. The number of piperidine rings is 1. The molecular weight excluding hydrogens is 260 g/mol. The molecule has 2 fully saturated rings. The molecule has 6 nitrogen and oxygen atoms in total. The highest BCUT2D eigenvalue weighted by atomic mass is 16.7. The third kappa shape index (κ3) is 2.62. The van der Waals surface area contributed by atoms with E-state index in [2.05, 4.69) is 4.90 Å². The molecule has 0 aromatic heterocycles. The highest BCUT2D eigenvalue weighted by Crippen LogP contribution is 2.33. The molecule has 0 atom stereocenters. The molecule has 0 spiro atoms. The zero-order valence-corrected chi connectivity index (χ0v) is 11.2. The van der Waals surface area contributed by atoms with Crippen LogP contribution in [-0.4, -0.2) is 37.5 Å². The molecule has 0 amide bonds. The first-order valence-corrected chi connectivity index (χ1v) is 6.97. The zero-order chi connectivity index (χ0) is 13.9. The number of anilines is 1. The van der Waals surface area contributed by atoms with Gasteiger partial charge < -0.3 is 14.4 Å². The fourth-order valence-corrected chi connectivity index (χ4v) is 2.95. The van der Waals surface area contributed by atoms with Gasteiger partial charge in [-0.25, -0.2) is 0 Å². The van der Waals surface area contributed by atoms with Crippen LogP contribution in [0.5, 0.6) is 0 Å². The summed E-state index contributed by atoms with van der Waals surface area (Å²) in [7, 11) is 0. The van der Waals surface area contributed by atoms with Crippen molar-refractivity contribution in [2.24, 2.45) is 5.92 Å². The molecule has 1 aromatic rings. The van der Waals surface area contributed by atoms with Crippen LogP contribution in [0.4, 0.5) is 11.4 Å². The van der Waals surface area contributed by atoms with E-state index in [0.29, 0.717) is 24.8 Å². The van der Waals surface area contributed by atoms with E-state index in [-0.39, 0.29) is 16.9 Å². The molecule has 2 aliphatic heterocycles. The van der Waals surface area contributed by atoms with Gasteiger partial charge in [0.2, 0.25) is 0 Å². The quantitative estimate of drug-likeness (QED) is 0.626. The minimum absolute atomic E-state index is 0.0806. The van der Waals surface area contributed by atoms with Crippen LogP contribution in [0, 0.1) is 16.0 Å². The zero-order valence-electron chi connectivity index (χ0n) is 11.2. The summed E-state index contributed by atoms with van der Waals surface area (Å²) in [5.74, 6) is 0.400. The van der Waals surface area contributed by atoms with Crippen molar-refractivity contribution in [3.05, 3.63) is 34.4 Å². The first kappa shape index (κ1) is 13.3. The second-order valence-corrected chi connectivity index (χ2v) is 5.18. The van der Waals surface area contributed by atoms with Crippen LogP contribution >= 0.6 is 0 Å². The molecule has 108 valence electrons. The predicted molar refractivity (Wildman–Crippen MR) is 73.7 cm³/mol. The van der Waals surface area contributed by atoms with E-state index in [1.54, 1.807) is 12.1 Å². The van der Waals surface area contributed by atoms with Crippen LogP contribution in [0.2, 0.25) is 0 Å². The van der Waals surface area contributed by atoms with Crippen molar-refractivity contribution >= 4 is 11.4 Å². The number of nitro groups is 1. The Labute approximate surface area is 117 Å². The van der Waals surface area contributed by atoms with Crippen molar-refractivity contribution in [1.29, 1.82) is 0 Å². The van der Waals surface area contributed by atoms with E-state index in [1.807, 2.05) is 12.1 Å². The lowest BCUT2D eigenvalue weighted by Gasteiger charge is -2.34. The maximum atomic E-state index is 11.1. The molecule has 3 rings (SSSR count). The summed E-state index contributed by atoms with van der Waals surface area (Å²) in [5.41, 5.74) is 0.892. The number of ether oxygens (including phenoxy) is 2. The highest BCUT2D eigenvalue weighted by molar-refractivity contribution is 5.63. The van der Waals surface area contributed by atoms with Gasteiger partial charge >= 0.3 is 0 Å². The summed E-state index contributed by atoms with van der Waals surface area (Å²) in [6, 6.07) is 6.93. The molecule has 0 bridgehead atoms. The van der Waals surface area contributed by atoms with Crippen molar-refractivity contribution in [3.63, 3.8) is 0 Å². The van der Waals surface area contributed by atoms with Crippen LogP contribution in [0.15, 0.2) is 24.3 Å². The Bertz CT molecular complexity index is 480. The second-order valence-electron chi connectivity index (χ2n) is 5.18. The lowest BCUT2D eigenvalue weighted by molar-refractivity contribution is -0.384. The SMILES string of the molecule is O=[N+]([O-])c1ccccc1N1CCC(C2OCCO2)CC1. The monoisotopic (exact) mass is 278 g/mol. The summed E-state index contributed by atoms with van der Waals surface area (Å²) in [6.07, 6.45) is 1.80. The summed E-state index contributed by atoms with van der Waals surface area (Å²) < 4.78 is 11.1. The average Bonchev–Trinajstić information content (AvgIpc) is 3.02. The van der Waals surface area contributed by atoms with Gasteiger partial charge in [0.25, 0.3) is 5.69 Å². The van der Waals surface area contributed by atoms with Crippen molar-refractivity contribution in [2.45, 2.75) is 19.1 Å². The van der Waals surface area contributed by atoms with E-state index in [1.165, 1.54) is 0 Å². The van der Waals surface area contributed by atoms with Gasteiger partial charge in [0.05, 0.1) is 18.1 Å². The topological polar surface area (TPSA) is 64.8 Å². The number of para-hydroxylation sites is 2. The molecule has 0 unspecified atom stereocenters. The summed E-state index contributed by atoms with van der Waals surface area (Å²) in [4.78, 5) is 12.8. The largest absolute Gasteiger partial charge is 0.366 e. The van der Waals surface area contributed by atoms with Gasteiger partial charge in [-0.05, 0) is 18.9 Å². The number of nitro benzene ring substituents is 1. The van der Waals surface area contributed by atoms with Crippen LogP contribution in [0.25, 0.3) is 0 Å². The fourth-order valence-electron chi connectivity index (χ4n) is 2.95. The van der Waals surface area contributed by atoms with Crippen molar-refractivity contribution < 1.29 is 14.4 Å². The Hall–Kier alpha value is -1.66. The molecule has 0 saturated carbocycles. The lowest BCUT2D eigenvalue weighted by atomic mass is 9.95. The number of nitrogens with zero attached hydrogens (tertiary/aromatic N) is 2. The first-order chi connectivity index (χ1) is 9.75. The predicted octanol–water partition coefficient (Wildman–Crippen LogP) is 2.18. The number of hydrogen-bond acceptors (Lipinski definition) is 5. The number of benzene rings is 1. The van der Waals surface area contributed by atoms with Gasteiger partial charge in [-0.15, -0.1) is 0 Å². The molecular formula is C14H18N2O4. The Kier molecular flexibility index (Phi) is 3.84. The molecule has 0 aliphatic carbocycles. The Morgan fingerprint density at radius 3 is 2.45 bits per heavy atom. The van der Waals surface area contributed by atoms with Gasteiger partial charge in [-0.2, -0.15) is 0 Å². The summed E-state index contributed by atoms with van der Waals surface area (Å²) in [6.45, 7) is 2.96. The van der Waals surface area contributed by atoms with Gasteiger partial charge in [0.15, 0.2) is 6.29 Å². The van der Waals surface area contributed by atoms with Crippen molar-refractivity contribution in [2.75, 3.05) is 31.2 Å². The maximum absolute atomic E-state index is 11.1. The normalized spacial score (nSPS) is 21.3. The second kappa shape index (κ2) is 5.76. The van der Waals surface area contributed by atoms with Gasteiger partial charge in [-0.3, -0.25) is 10.1 Å². The standard InChI is InChI=1S/C14H18N2O4/c17-16(18)13-4-2-1-3-12(13)15-7-5-11(6-8-15)14-19-9-10-20-14/h1-4,11,14H,5-10H2. The minimum atomic E-state index is -0.315. The van der Waals surface area contributed by atoms with E-state index in [4.69, 9.17) is 9.47 Å². The maximum Gasteiger partial charge on any atom is 0.292 e. The molecule has 1 aromatic carbocycles. The van der Waals surface area contributed by atoms with Crippen molar-refractivity contribution in [1.82, 2.24) is 0 Å². The molecule has 2 heterocycles. The minimum Gasteiger partial charge on any atom is -0.366 e. The van der Waals surface area contributed by atoms with Crippen LogP contribution in [0.1, 0.15) is 12.8 Å².